The van der Waals surface area contributed by atoms with Crippen LogP contribution in [0.25, 0.3) is 0 Å². The van der Waals surface area contributed by atoms with E-state index < -0.39 is 22.8 Å². The number of halogens is 1. The SMILES string of the molecule is O=C(NCc1ccc(F)cc1)c1nc2n(c(=O)c1O)CCN(Cc1cocn1)C21CC1. The first-order valence-corrected chi connectivity index (χ1v) is 9.97. The van der Waals surface area contributed by atoms with E-state index in [0.29, 0.717) is 31.0 Å². The molecule has 3 aromatic rings. The van der Waals surface area contributed by atoms with Crippen molar-refractivity contribution in [2.45, 2.75) is 38.0 Å². The van der Waals surface area contributed by atoms with Gasteiger partial charge in [-0.25, -0.2) is 14.4 Å². The zero-order valence-electron chi connectivity index (χ0n) is 16.5. The van der Waals surface area contributed by atoms with E-state index in [1.54, 1.807) is 18.4 Å². The first kappa shape index (κ1) is 19.4. The van der Waals surface area contributed by atoms with Crippen LogP contribution in [0.1, 0.15) is 40.4 Å². The van der Waals surface area contributed by atoms with Crippen LogP contribution in [0, 0.1) is 5.82 Å². The molecule has 0 radical (unpaired) electrons. The summed E-state index contributed by atoms with van der Waals surface area (Å²) in [7, 11) is 0. The van der Waals surface area contributed by atoms with Crippen LogP contribution in [0.3, 0.4) is 0 Å². The highest BCUT2D eigenvalue weighted by molar-refractivity contribution is 5.94. The third-order valence-corrected chi connectivity index (χ3v) is 5.90. The number of nitrogens with one attached hydrogen (secondary N) is 1. The van der Waals surface area contributed by atoms with Gasteiger partial charge in [0.1, 0.15) is 17.9 Å². The second-order valence-electron chi connectivity index (χ2n) is 7.83. The van der Waals surface area contributed by atoms with Crippen molar-refractivity contribution in [3.05, 3.63) is 75.9 Å². The number of benzene rings is 1. The van der Waals surface area contributed by atoms with Crippen LogP contribution >= 0.6 is 0 Å². The monoisotopic (exact) mass is 425 g/mol. The zero-order chi connectivity index (χ0) is 21.6. The zero-order valence-corrected chi connectivity index (χ0v) is 16.5. The third-order valence-electron chi connectivity index (χ3n) is 5.90. The fraction of sp³-hybridized carbons (Fsp3) is 0.333. The summed E-state index contributed by atoms with van der Waals surface area (Å²) in [5, 5.41) is 13.0. The summed E-state index contributed by atoms with van der Waals surface area (Å²) in [6, 6.07) is 5.68. The van der Waals surface area contributed by atoms with Crippen LogP contribution < -0.4 is 10.9 Å². The normalized spacial score (nSPS) is 16.8. The largest absolute Gasteiger partial charge is 0.501 e. The fourth-order valence-corrected chi connectivity index (χ4v) is 4.11. The average Bonchev–Trinajstić information content (AvgIpc) is 3.38. The highest BCUT2D eigenvalue weighted by Crippen LogP contribution is 2.52. The Bertz CT molecular complexity index is 1190. The number of rotatable bonds is 5. The summed E-state index contributed by atoms with van der Waals surface area (Å²) >= 11 is 0. The summed E-state index contributed by atoms with van der Waals surface area (Å²) in [5.41, 5.74) is 0.0764. The van der Waals surface area contributed by atoms with Crippen LogP contribution in [0.2, 0.25) is 0 Å². The molecule has 1 aliphatic heterocycles. The van der Waals surface area contributed by atoms with Gasteiger partial charge in [-0.3, -0.25) is 19.1 Å². The number of nitrogens with zero attached hydrogens (tertiary/aromatic N) is 4. The Morgan fingerprint density at radius 3 is 2.71 bits per heavy atom. The molecule has 1 spiro atoms. The van der Waals surface area contributed by atoms with E-state index in [1.807, 2.05) is 0 Å². The molecule has 2 aliphatic rings. The Balaban J connectivity index is 1.43. The molecule has 0 unspecified atom stereocenters. The number of oxazole rings is 1. The summed E-state index contributed by atoms with van der Waals surface area (Å²) < 4.78 is 19.6. The number of amides is 1. The van der Waals surface area contributed by atoms with E-state index in [0.717, 1.165) is 18.5 Å². The molecular formula is C21H20FN5O4. The molecule has 160 valence electrons. The highest BCUT2D eigenvalue weighted by atomic mass is 19.1. The Labute approximate surface area is 176 Å². The van der Waals surface area contributed by atoms with Crippen molar-refractivity contribution in [2.75, 3.05) is 6.54 Å². The molecule has 2 N–H and O–H groups in total. The van der Waals surface area contributed by atoms with E-state index in [2.05, 4.69) is 20.2 Å². The lowest BCUT2D eigenvalue weighted by Crippen LogP contribution is -2.48. The molecule has 0 saturated heterocycles. The van der Waals surface area contributed by atoms with Crippen molar-refractivity contribution in [3.8, 4) is 5.75 Å². The molecule has 5 rings (SSSR count). The molecule has 1 saturated carbocycles. The molecule has 1 amide bonds. The van der Waals surface area contributed by atoms with Gasteiger partial charge in [0, 0.05) is 26.2 Å². The minimum atomic E-state index is -0.666. The van der Waals surface area contributed by atoms with Crippen molar-refractivity contribution >= 4 is 5.91 Å². The minimum absolute atomic E-state index is 0.113. The standard InChI is InChI=1S/C21H20FN5O4/c22-14-3-1-13(2-4-14)9-23-18(29)16-17(28)19(30)27-8-7-26(10-15-11-31-12-24-15)21(5-6-21)20(27)25-16/h1-4,11-12,28H,5-10H2,(H,23,29). The molecule has 1 aromatic carbocycles. The maximum atomic E-state index is 13.1. The second kappa shape index (κ2) is 7.31. The van der Waals surface area contributed by atoms with Gasteiger partial charge in [-0.2, -0.15) is 0 Å². The molecule has 2 aromatic heterocycles. The number of aromatic nitrogens is 3. The summed E-state index contributed by atoms with van der Waals surface area (Å²) in [6.07, 6.45) is 4.53. The summed E-state index contributed by atoms with van der Waals surface area (Å²) in [4.78, 5) is 36.3. The molecular weight excluding hydrogens is 405 g/mol. The van der Waals surface area contributed by atoms with Gasteiger partial charge in [0.2, 0.25) is 5.75 Å². The molecule has 10 heteroatoms. The van der Waals surface area contributed by atoms with E-state index in [9.17, 15) is 19.1 Å². The molecule has 0 atom stereocenters. The quantitative estimate of drug-likeness (QED) is 0.637. The lowest BCUT2D eigenvalue weighted by Gasteiger charge is -2.37. The number of carbonyl (C=O) groups is 1. The fourth-order valence-electron chi connectivity index (χ4n) is 4.11. The van der Waals surface area contributed by atoms with Crippen molar-refractivity contribution in [2.24, 2.45) is 0 Å². The number of fused-ring (bicyclic) bond motifs is 2. The van der Waals surface area contributed by atoms with Gasteiger partial charge < -0.3 is 14.8 Å². The Hall–Kier alpha value is -3.53. The van der Waals surface area contributed by atoms with Crippen molar-refractivity contribution < 1.29 is 18.7 Å². The van der Waals surface area contributed by atoms with Gasteiger partial charge in [0.05, 0.1) is 11.2 Å². The third kappa shape index (κ3) is 3.38. The van der Waals surface area contributed by atoms with Gasteiger partial charge >= 0.3 is 0 Å². The predicted molar refractivity (Wildman–Crippen MR) is 106 cm³/mol. The lowest BCUT2D eigenvalue weighted by atomic mass is 10.1. The lowest BCUT2D eigenvalue weighted by molar-refractivity contribution is 0.0931. The Morgan fingerprint density at radius 2 is 2.03 bits per heavy atom. The summed E-state index contributed by atoms with van der Waals surface area (Å²) in [5.74, 6) is -1.22. The van der Waals surface area contributed by atoms with Gasteiger partial charge in [0.25, 0.3) is 11.5 Å². The van der Waals surface area contributed by atoms with Crippen LogP contribution in [0.4, 0.5) is 4.39 Å². The van der Waals surface area contributed by atoms with Crippen molar-refractivity contribution in [1.29, 1.82) is 0 Å². The van der Waals surface area contributed by atoms with Gasteiger partial charge in [-0.1, -0.05) is 12.1 Å². The van der Waals surface area contributed by atoms with E-state index >= 15 is 0 Å². The molecule has 1 aliphatic carbocycles. The molecule has 3 heterocycles. The van der Waals surface area contributed by atoms with E-state index in [-0.39, 0.29) is 18.1 Å². The Morgan fingerprint density at radius 1 is 1.26 bits per heavy atom. The van der Waals surface area contributed by atoms with Gasteiger partial charge in [-0.05, 0) is 30.5 Å². The first-order valence-electron chi connectivity index (χ1n) is 9.97. The van der Waals surface area contributed by atoms with Crippen molar-refractivity contribution in [1.82, 2.24) is 24.8 Å². The number of aromatic hydroxyl groups is 1. The smallest absolute Gasteiger partial charge is 0.296 e. The van der Waals surface area contributed by atoms with Crippen LogP contribution in [0.15, 0.2) is 46.1 Å². The number of hydrogen-bond donors (Lipinski definition) is 2. The average molecular weight is 425 g/mol. The topological polar surface area (TPSA) is 113 Å². The van der Waals surface area contributed by atoms with Gasteiger partial charge in [0.15, 0.2) is 12.1 Å². The van der Waals surface area contributed by atoms with Crippen LogP contribution in [0.5, 0.6) is 5.75 Å². The second-order valence-corrected chi connectivity index (χ2v) is 7.83. The maximum absolute atomic E-state index is 13.1. The van der Waals surface area contributed by atoms with Crippen molar-refractivity contribution in [3.63, 3.8) is 0 Å². The van der Waals surface area contributed by atoms with Crippen LogP contribution in [-0.2, 0) is 25.2 Å². The predicted octanol–water partition coefficient (Wildman–Crippen LogP) is 1.51. The molecule has 0 bridgehead atoms. The van der Waals surface area contributed by atoms with E-state index in [1.165, 1.54) is 23.1 Å². The molecule has 1 fully saturated rings. The molecule has 9 nitrogen and oxygen atoms in total. The van der Waals surface area contributed by atoms with Crippen LogP contribution in [-0.4, -0.2) is 37.0 Å². The minimum Gasteiger partial charge on any atom is -0.501 e. The van der Waals surface area contributed by atoms with E-state index in [4.69, 9.17) is 4.42 Å². The molecule has 31 heavy (non-hydrogen) atoms. The number of carbonyl (C=O) groups excluding carboxylic acids is 1. The first-order chi connectivity index (χ1) is 15.0. The number of hydrogen-bond acceptors (Lipinski definition) is 7. The Kier molecular flexibility index (Phi) is 4.58. The highest BCUT2D eigenvalue weighted by Gasteiger charge is 2.55. The maximum Gasteiger partial charge on any atom is 0.296 e. The summed E-state index contributed by atoms with van der Waals surface area (Å²) in [6.45, 7) is 1.60. The van der Waals surface area contributed by atoms with Gasteiger partial charge in [-0.15, -0.1) is 0 Å².